The van der Waals surface area contributed by atoms with Crippen LogP contribution in [0.5, 0.6) is 5.75 Å². The standard InChI is InChI=1S/C24H26N2O2/c1-18-8-13-23(19(2)16-18)25-17-24(27)26-21-9-11-22(12-10-21)28-15-14-20-6-4-3-5-7-20/h3-13,16,25H,14-15,17H2,1-2H3,(H,26,27). The molecule has 28 heavy (non-hydrogen) atoms. The normalized spacial score (nSPS) is 10.4. The minimum absolute atomic E-state index is 0.0854. The zero-order chi connectivity index (χ0) is 19.8. The van der Waals surface area contributed by atoms with Gasteiger partial charge < -0.3 is 15.4 Å². The minimum Gasteiger partial charge on any atom is -0.493 e. The summed E-state index contributed by atoms with van der Waals surface area (Å²) in [5, 5.41) is 6.07. The van der Waals surface area contributed by atoms with Crippen LogP contribution in [0.3, 0.4) is 0 Å². The Bertz CT molecular complexity index is 906. The molecule has 1 amide bonds. The third kappa shape index (κ3) is 5.88. The van der Waals surface area contributed by atoms with Gasteiger partial charge in [-0.05, 0) is 55.3 Å². The van der Waals surface area contributed by atoms with E-state index in [2.05, 4.69) is 35.8 Å². The zero-order valence-corrected chi connectivity index (χ0v) is 16.4. The largest absolute Gasteiger partial charge is 0.493 e. The summed E-state index contributed by atoms with van der Waals surface area (Å²) in [6.07, 6.45) is 0.865. The van der Waals surface area contributed by atoms with Crippen LogP contribution in [0.15, 0.2) is 72.8 Å². The number of carbonyl (C=O) groups excluding carboxylic acids is 1. The fourth-order valence-corrected chi connectivity index (χ4v) is 2.96. The zero-order valence-electron chi connectivity index (χ0n) is 16.4. The van der Waals surface area contributed by atoms with Crippen molar-refractivity contribution in [1.29, 1.82) is 0 Å². The summed E-state index contributed by atoms with van der Waals surface area (Å²) >= 11 is 0. The summed E-state index contributed by atoms with van der Waals surface area (Å²) in [6.45, 7) is 4.93. The molecular formula is C24H26N2O2. The van der Waals surface area contributed by atoms with Gasteiger partial charge in [0.25, 0.3) is 0 Å². The van der Waals surface area contributed by atoms with Crippen molar-refractivity contribution in [2.24, 2.45) is 0 Å². The number of amides is 1. The van der Waals surface area contributed by atoms with Gasteiger partial charge in [0.05, 0.1) is 13.2 Å². The molecule has 0 aliphatic rings. The number of aryl methyl sites for hydroxylation is 2. The third-order valence-electron chi connectivity index (χ3n) is 4.46. The number of benzene rings is 3. The summed E-state index contributed by atoms with van der Waals surface area (Å²) in [5.74, 6) is 0.708. The highest BCUT2D eigenvalue weighted by Crippen LogP contribution is 2.17. The summed E-state index contributed by atoms with van der Waals surface area (Å²) < 4.78 is 5.77. The van der Waals surface area contributed by atoms with Gasteiger partial charge in [-0.2, -0.15) is 0 Å². The Hall–Kier alpha value is -3.27. The highest BCUT2D eigenvalue weighted by atomic mass is 16.5. The number of hydrogen-bond acceptors (Lipinski definition) is 3. The van der Waals surface area contributed by atoms with E-state index >= 15 is 0 Å². The van der Waals surface area contributed by atoms with Crippen LogP contribution in [-0.2, 0) is 11.2 Å². The maximum absolute atomic E-state index is 12.2. The average Bonchev–Trinajstić information content (AvgIpc) is 2.69. The molecule has 0 atom stereocenters. The molecule has 0 radical (unpaired) electrons. The van der Waals surface area contributed by atoms with Crippen LogP contribution in [0.2, 0.25) is 0 Å². The van der Waals surface area contributed by atoms with Crippen LogP contribution in [0, 0.1) is 13.8 Å². The van der Waals surface area contributed by atoms with Gasteiger partial charge in [-0.25, -0.2) is 0 Å². The minimum atomic E-state index is -0.0854. The van der Waals surface area contributed by atoms with Crippen LogP contribution in [0.4, 0.5) is 11.4 Å². The van der Waals surface area contributed by atoms with E-state index in [-0.39, 0.29) is 12.5 Å². The molecule has 0 unspecified atom stereocenters. The molecule has 4 nitrogen and oxygen atoms in total. The fourth-order valence-electron chi connectivity index (χ4n) is 2.96. The summed E-state index contributed by atoms with van der Waals surface area (Å²) in [5.41, 5.74) is 5.32. The molecule has 0 saturated heterocycles. The lowest BCUT2D eigenvalue weighted by atomic mass is 10.1. The van der Waals surface area contributed by atoms with Crippen molar-refractivity contribution in [2.45, 2.75) is 20.3 Å². The van der Waals surface area contributed by atoms with Gasteiger partial charge in [0.1, 0.15) is 5.75 Å². The van der Waals surface area contributed by atoms with Crippen molar-refractivity contribution in [3.05, 3.63) is 89.5 Å². The molecule has 3 rings (SSSR count). The van der Waals surface area contributed by atoms with Crippen LogP contribution in [0.25, 0.3) is 0 Å². The van der Waals surface area contributed by atoms with Crippen molar-refractivity contribution < 1.29 is 9.53 Å². The van der Waals surface area contributed by atoms with E-state index in [9.17, 15) is 4.79 Å². The summed E-state index contributed by atoms with van der Waals surface area (Å²) in [6, 6.07) is 23.8. The number of rotatable bonds is 8. The molecule has 2 N–H and O–H groups in total. The third-order valence-corrected chi connectivity index (χ3v) is 4.46. The first-order valence-electron chi connectivity index (χ1n) is 9.48. The molecule has 0 aliphatic heterocycles. The van der Waals surface area contributed by atoms with Gasteiger partial charge >= 0.3 is 0 Å². The van der Waals surface area contributed by atoms with Crippen LogP contribution in [0.1, 0.15) is 16.7 Å². The molecule has 3 aromatic carbocycles. The summed E-state index contributed by atoms with van der Waals surface area (Å²) in [7, 11) is 0. The van der Waals surface area contributed by atoms with Crippen molar-refractivity contribution in [2.75, 3.05) is 23.8 Å². The van der Waals surface area contributed by atoms with E-state index in [0.29, 0.717) is 6.61 Å². The molecule has 0 bridgehead atoms. The van der Waals surface area contributed by atoms with Crippen molar-refractivity contribution in [1.82, 2.24) is 0 Å². The Morgan fingerprint density at radius 2 is 1.68 bits per heavy atom. The Morgan fingerprint density at radius 1 is 0.929 bits per heavy atom. The first kappa shape index (κ1) is 19.5. The lowest BCUT2D eigenvalue weighted by Crippen LogP contribution is -2.22. The second-order valence-corrected chi connectivity index (χ2v) is 6.83. The molecule has 0 aromatic heterocycles. The molecule has 0 fully saturated rings. The molecule has 0 heterocycles. The highest BCUT2D eigenvalue weighted by molar-refractivity contribution is 5.93. The van der Waals surface area contributed by atoms with Crippen LogP contribution < -0.4 is 15.4 Å². The molecule has 0 aliphatic carbocycles. The number of ether oxygens (including phenoxy) is 1. The van der Waals surface area contributed by atoms with Crippen LogP contribution in [-0.4, -0.2) is 19.1 Å². The number of anilines is 2. The molecular weight excluding hydrogens is 348 g/mol. The van der Waals surface area contributed by atoms with Gasteiger partial charge in [-0.1, -0.05) is 48.0 Å². The second kappa shape index (κ2) is 9.60. The Balaban J connectivity index is 1.43. The van der Waals surface area contributed by atoms with Crippen molar-refractivity contribution >= 4 is 17.3 Å². The van der Waals surface area contributed by atoms with Crippen molar-refractivity contribution in [3.63, 3.8) is 0 Å². The van der Waals surface area contributed by atoms with Gasteiger partial charge in [-0.3, -0.25) is 4.79 Å². The van der Waals surface area contributed by atoms with Gasteiger partial charge in [0.2, 0.25) is 5.91 Å². The Morgan fingerprint density at radius 3 is 2.39 bits per heavy atom. The van der Waals surface area contributed by atoms with E-state index < -0.39 is 0 Å². The Labute approximate surface area is 166 Å². The second-order valence-electron chi connectivity index (χ2n) is 6.83. The van der Waals surface area contributed by atoms with Crippen molar-refractivity contribution in [3.8, 4) is 5.75 Å². The monoisotopic (exact) mass is 374 g/mol. The topological polar surface area (TPSA) is 50.4 Å². The predicted molar refractivity (Wildman–Crippen MR) is 115 cm³/mol. The number of hydrogen-bond donors (Lipinski definition) is 2. The van der Waals surface area contributed by atoms with Gasteiger partial charge in [0.15, 0.2) is 0 Å². The van der Waals surface area contributed by atoms with E-state index in [4.69, 9.17) is 4.74 Å². The van der Waals surface area contributed by atoms with E-state index in [1.165, 1.54) is 11.1 Å². The van der Waals surface area contributed by atoms with E-state index in [1.54, 1.807) is 0 Å². The molecule has 0 spiro atoms. The molecule has 144 valence electrons. The van der Waals surface area contributed by atoms with Gasteiger partial charge in [-0.15, -0.1) is 0 Å². The number of carbonyl (C=O) groups is 1. The SMILES string of the molecule is Cc1ccc(NCC(=O)Nc2ccc(OCCc3ccccc3)cc2)c(C)c1. The van der Waals surface area contributed by atoms with Crippen LogP contribution >= 0.6 is 0 Å². The smallest absolute Gasteiger partial charge is 0.243 e. The van der Waals surface area contributed by atoms with E-state index in [0.717, 1.165) is 29.1 Å². The quantitative estimate of drug-likeness (QED) is 0.585. The molecule has 3 aromatic rings. The molecule has 4 heteroatoms. The lowest BCUT2D eigenvalue weighted by Gasteiger charge is -2.11. The first-order chi connectivity index (χ1) is 13.6. The predicted octanol–water partition coefficient (Wildman–Crippen LogP) is 4.98. The Kier molecular flexibility index (Phi) is 6.68. The lowest BCUT2D eigenvalue weighted by molar-refractivity contribution is -0.114. The molecule has 0 saturated carbocycles. The van der Waals surface area contributed by atoms with Gasteiger partial charge in [0, 0.05) is 17.8 Å². The average molecular weight is 374 g/mol. The summed E-state index contributed by atoms with van der Waals surface area (Å²) in [4.78, 5) is 12.2. The fraction of sp³-hybridized carbons (Fsp3) is 0.208. The highest BCUT2D eigenvalue weighted by Gasteiger charge is 2.05. The number of nitrogens with one attached hydrogen (secondary N) is 2. The maximum atomic E-state index is 12.2. The maximum Gasteiger partial charge on any atom is 0.243 e. The van der Waals surface area contributed by atoms with E-state index in [1.807, 2.05) is 61.5 Å². The first-order valence-corrected chi connectivity index (χ1v) is 9.48.